The van der Waals surface area contributed by atoms with Crippen LogP contribution in [-0.4, -0.2) is 18.8 Å². The summed E-state index contributed by atoms with van der Waals surface area (Å²) < 4.78 is 20.1. The van der Waals surface area contributed by atoms with Crippen LogP contribution in [0.3, 0.4) is 0 Å². The minimum Gasteiger partial charge on any atom is -0.372 e. The molecular formula is C15H20FNO. The number of hydrogen-bond donors (Lipinski definition) is 1. The molecule has 0 aromatic heterocycles. The molecule has 2 nitrogen and oxygen atoms in total. The van der Waals surface area contributed by atoms with E-state index < -0.39 is 0 Å². The molecule has 18 heavy (non-hydrogen) atoms. The Bertz CT molecular complexity index is 406. The summed E-state index contributed by atoms with van der Waals surface area (Å²) in [6.07, 6.45) is 5.73. The molecule has 1 saturated heterocycles. The summed E-state index contributed by atoms with van der Waals surface area (Å²) in [5, 5.41) is 3.47. The molecule has 1 unspecified atom stereocenters. The van der Waals surface area contributed by atoms with Gasteiger partial charge in [0.15, 0.2) is 0 Å². The summed E-state index contributed by atoms with van der Waals surface area (Å²) in [7, 11) is 0. The first kappa shape index (κ1) is 12.1. The van der Waals surface area contributed by atoms with Gasteiger partial charge in [-0.2, -0.15) is 0 Å². The maximum Gasteiger partial charge on any atom is 0.128 e. The van der Waals surface area contributed by atoms with Crippen LogP contribution in [-0.2, 0) is 4.74 Å². The molecule has 2 aliphatic rings. The van der Waals surface area contributed by atoms with Crippen molar-refractivity contribution in [1.29, 1.82) is 0 Å². The van der Waals surface area contributed by atoms with E-state index in [-0.39, 0.29) is 17.5 Å². The highest BCUT2D eigenvalue weighted by Gasteiger charge is 2.44. The van der Waals surface area contributed by atoms with Gasteiger partial charge < -0.3 is 10.1 Å². The molecular weight excluding hydrogens is 229 g/mol. The fourth-order valence-corrected chi connectivity index (χ4v) is 3.41. The lowest BCUT2D eigenvalue weighted by Crippen LogP contribution is -2.53. The van der Waals surface area contributed by atoms with Gasteiger partial charge in [0, 0.05) is 12.1 Å². The Morgan fingerprint density at radius 2 is 1.94 bits per heavy atom. The molecule has 1 aliphatic carbocycles. The third-order valence-corrected chi connectivity index (χ3v) is 4.28. The zero-order chi connectivity index (χ0) is 12.4. The molecule has 1 heterocycles. The van der Waals surface area contributed by atoms with Crippen molar-refractivity contribution < 1.29 is 9.13 Å². The topological polar surface area (TPSA) is 21.3 Å². The molecule has 1 aromatic carbocycles. The van der Waals surface area contributed by atoms with Gasteiger partial charge >= 0.3 is 0 Å². The number of hydrogen-bond acceptors (Lipinski definition) is 2. The van der Waals surface area contributed by atoms with Gasteiger partial charge in [-0.3, -0.25) is 0 Å². The van der Waals surface area contributed by atoms with Gasteiger partial charge in [-0.05, 0) is 18.9 Å². The summed E-state index contributed by atoms with van der Waals surface area (Å²) in [5.41, 5.74) is 0.581. The number of nitrogens with one attached hydrogen (secondary N) is 1. The van der Waals surface area contributed by atoms with Gasteiger partial charge in [-0.25, -0.2) is 4.39 Å². The zero-order valence-electron chi connectivity index (χ0n) is 10.6. The standard InChI is InChI=1S/C15H20FNO/c16-13-7-3-2-6-12(13)14-15(18-11-10-17-14)8-4-1-5-9-15/h2-3,6-7,14,17H,1,4-5,8-11H2. The van der Waals surface area contributed by atoms with Crippen molar-refractivity contribution in [2.45, 2.75) is 43.7 Å². The molecule has 1 saturated carbocycles. The van der Waals surface area contributed by atoms with Gasteiger partial charge in [0.2, 0.25) is 0 Å². The van der Waals surface area contributed by atoms with Crippen molar-refractivity contribution in [1.82, 2.24) is 5.32 Å². The number of rotatable bonds is 1. The van der Waals surface area contributed by atoms with Crippen LogP contribution in [0.25, 0.3) is 0 Å². The molecule has 0 radical (unpaired) electrons. The highest BCUT2D eigenvalue weighted by atomic mass is 19.1. The average molecular weight is 249 g/mol. The average Bonchev–Trinajstić information content (AvgIpc) is 2.41. The van der Waals surface area contributed by atoms with Crippen LogP contribution in [0.15, 0.2) is 24.3 Å². The number of morpholine rings is 1. The molecule has 3 rings (SSSR count). The van der Waals surface area contributed by atoms with Crippen molar-refractivity contribution in [3.05, 3.63) is 35.6 Å². The quantitative estimate of drug-likeness (QED) is 0.825. The molecule has 3 heteroatoms. The molecule has 1 spiro atoms. The van der Waals surface area contributed by atoms with E-state index in [1.165, 1.54) is 19.3 Å². The lowest BCUT2D eigenvalue weighted by atomic mass is 9.76. The van der Waals surface area contributed by atoms with Gasteiger partial charge in [-0.1, -0.05) is 37.5 Å². The van der Waals surface area contributed by atoms with Crippen LogP contribution in [0, 0.1) is 5.82 Å². The summed E-state index contributed by atoms with van der Waals surface area (Å²) in [5.74, 6) is -0.120. The monoisotopic (exact) mass is 249 g/mol. The third kappa shape index (κ3) is 2.06. The Balaban J connectivity index is 1.94. The number of ether oxygens (including phenoxy) is 1. The van der Waals surface area contributed by atoms with E-state index in [1.807, 2.05) is 12.1 Å². The van der Waals surface area contributed by atoms with E-state index in [4.69, 9.17) is 4.74 Å². The molecule has 1 aromatic rings. The molecule has 98 valence electrons. The van der Waals surface area contributed by atoms with Gasteiger partial charge in [0.1, 0.15) is 5.82 Å². The summed E-state index contributed by atoms with van der Waals surface area (Å²) in [6.45, 7) is 1.55. The Kier molecular flexibility index (Phi) is 3.35. The summed E-state index contributed by atoms with van der Waals surface area (Å²) >= 11 is 0. The van der Waals surface area contributed by atoms with Crippen molar-refractivity contribution >= 4 is 0 Å². The second kappa shape index (κ2) is 4.98. The van der Waals surface area contributed by atoms with E-state index in [0.29, 0.717) is 0 Å². The lowest BCUT2D eigenvalue weighted by molar-refractivity contribution is -0.119. The fourth-order valence-electron chi connectivity index (χ4n) is 3.41. The Hall–Kier alpha value is -0.930. The fraction of sp³-hybridized carbons (Fsp3) is 0.600. The Morgan fingerprint density at radius 3 is 2.72 bits per heavy atom. The maximum absolute atomic E-state index is 14.0. The molecule has 1 aliphatic heterocycles. The lowest BCUT2D eigenvalue weighted by Gasteiger charge is -2.47. The minimum atomic E-state index is -0.182. The predicted molar refractivity (Wildman–Crippen MR) is 68.9 cm³/mol. The molecule has 1 atom stereocenters. The normalized spacial score (nSPS) is 27.3. The van der Waals surface area contributed by atoms with Crippen LogP contribution in [0.5, 0.6) is 0 Å². The molecule has 0 amide bonds. The van der Waals surface area contributed by atoms with Crippen molar-refractivity contribution in [3.8, 4) is 0 Å². The largest absolute Gasteiger partial charge is 0.372 e. The van der Waals surface area contributed by atoms with Crippen LogP contribution in [0.1, 0.15) is 43.7 Å². The van der Waals surface area contributed by atoms with Gasteiger partial charge in [0.05, 0.1) is 18.2 Å². The van der Waals surface area contributed by atoms with Crippen molar-refractivity contribution in [3.63, 3.8) is 0 Å². The SMILES string of the molecule is Fc1ccccc1C1NCCOC12CCCCC2. The van der Waals surface area contributed by atoms with Crippen LogP contribution in [0.4, 0.5) is 4.39 Å². The predicted octanol–water partition coefficient (Wildman–Crippen LogP) is 3.19. The molecule has 2 fully saturated rings. The van der Waals surface area contributed by atoms with E-state index in [0.717, 1.165) is 31.6 Å². The van der Waals surface area contributed by atoms with Crippen LogP contribution >= 0.6 is 0 Å². The Morgan fingerprint density at radius 1 is 1.17 bits per heavy atom. The zero-order valence-corrected chi connectivity index (χ0v) is 10.6. The Labute approximate surface area is 108 Å². The number of halogens is 1. The second-order valence-corrected chi connectivity index (χ2v) is 5.38. The van der Waals surface area contributed by atoms with Gasteiger partial charge in [-0.15, -0.1) is 0 Å². The first-order chi connectivity index (χ1) is 8.82. The van der Waals surface area contributed by atoms with Crippen molar-refractivity contribution in [2.24, 2.45) is 0 Å². The van der Waals surface area contributed by atoms with Crippen molar-refractivity contribution in [2.75, 3.05) is 13.2 Å². The van der Waals surface area contributed by atoms with Crippen LogP contribution < -0.4 is 5.32 Å². The van der Waals surface area contributed by atoms with E-state index in [1.54, 1.807) is 12.1 Å². The third-order valence-electron chi connectivity index (χ3n) is 4.28. The second-order valence-electron chi connectivity index (χ2n) is 5.38. The highest BCUT2D eigenvalue weighted by molar-refractivity contribution is 5.25. The first-order valence-electron chi connectivity index (χ1n) is 6.94. The minimum absolute atomic E-state index is 0.00718. The molecule has 0 bridgehead atoms. The first-order valence-corrected chi connectivity index (χ1v) is 6.94. The van der Waals surface area contributed by atoms with E-state index in [2.05, 4.69) is 5.32 Å². The molecule has 1 N–H and O–H groups in total. The van der Waals surface area contributed by atoms with Gasteiger partial charge in [0.25, 0.3) is 0 Å². The number of benzene rings is 1. The highest BCUT2D eigenvalue weighted by Crippen LogP contribution is 2.43. The summed E-state index contributed by atoms with van der Waals surface area (Å²) in [4.78, 5) is 0. The van der Waals surface area contributed by atoms with Crippen LogP contribution in [0.2, 0.25) is 0 Å². The van der Waals surface area contributed by atoms with E-state index >= 15 is 0 Å². The van der Waals surface area contributed by atoms with E-state index in [9.17, 15) is 4.39 Å². The smallest absolute Gasteiger partial charge is 0.128 e. The maximum atomic E-state index is 14.0. The summed E-state index contributed by atoms with van der Waals surface area (Å²) in [6, 6.07) is 7.09.